The van der Waals surface area contributed by atoms with E-state index in [-0.39, 0.29) is 12.8 Å². The van der Waals surface area contributed by atoms with Crippen LogP contribution in [0.3, 0.4) is 0 Å². The maximum absolute atomic E-state index is 14.3. The van der Waals surface area contributed by atoms with Gasteiger partial charge in [-0.2, -0.15) is 0 Å². The Kier molecular flexibility index (Phi) is 54.2. The van der Waals surface area contributed by atoms with Crippen molar-refractivity contribution >= 4 is 47.4 Å². The van der Waals surface area contributed by atoms with E-state index in [1.165, 1.54) is 51.4 Å². The van der Waals surface area contributed by atoms with Crippen LogP contribution in [0.4, 0.5) is 0 Å². The summed E-state index contributed by atoms with van der Waals surface area (Å²) in [6.07, 6.45) is -56.3. The molecule has 0 unspecified atom stereocenters. The third-order valence-electron chi connectivity index (χ3n) is 27.7. The van der Waals surface area contributed by atoms with E-state index >= 15 is 0 Å². The van der Waals surface area contributed by atoms with Gasteiger partial charge in [-0.1, -0.05) is 168 Å². The quantitative estimate of drug-likeness (QED) is 0.0252. The van der Waals surface area contributed by atoms with Gasteiger partial charge in [0, 0.05) is 53.4 Å². The highest BCUT2D eigenvalue weighted by Crippen LogP contribution is 2.46. The van der Waals surface area contributed by atoms with Gasteiger partial charge >= 0.3 is 17.9 Å². The molecule has 7 aliphatic heterocycles. The molecule has 7 fully saturated rings. The van der Waals surface area contributed by atoms with Gasteiger partial charge in [-0.05, 0) is 18.8 Å². The largest absolute Gasteiger partial charge is 0.477 e. The van der Waals surface area contributed by atoms with E-state index in [1.807, 2.05) is 0 Å². The van der Waals surface area contributed by atoms with Gasteiger partial charge in [-0.15, -0.1) is 0 Å². The molecule has 53 heteroatoms. The Morgan fingerprint density at radius 2 is 0.714 bits per heavy atom. The highest BCUT2D eigenvalue weighted by Gasteiger charge is 2.67. The molecule has 0 aromatic rings. The Morgan fingerprint density at radius 1 is 0.361 bits per heavy atom. The van der Waals surface area contributed by atoms with Gasteiger partial charge in [0.2, 0.25) is 29.5 Å². The SMILES string of the molecule is CCCCCCCCCCCCCCCCCC(=O)N[C@@H](CO[C@@H]1O[C@H](CO)[C@@H](O[C@@H]2O[C@H](CO)[C@H](O)[C@H](O[C@@H]3O[C@H](CO)[C@H](O)[C@H](O[C@]4(C(=O)O)C[C@H](O)[C@@H](NC(C)=O)[C@H]([C@H](O)[C@@H](CO)O[C@@H]5O[C@H](CO)[C@H](O[C@]6(C(=O)O)C[C@H](O)[C@@H](NC(C)=O)[C@H]([C@H](O)[C@H](O)CO)O6)[C@H](O[C@]6(C(=O)O)C[C@H](O)[C@@H](NC(C)=O)[C@H]([C@H](O)[C@H](O)CO)O6)[C@H]5O)O4)[C@H]3NC(C)=O)[C@H]2O)[C@H](O)[C@H]1O)[C@H](O)[C@H](O)CCCCCCCCCCC(C)C. The van der Waals surface area contributed by atoms with E-state index in [9.17, 15) is 171 Å². The van der Waals surface area contributed by atoms with Gasteiger partial charge in [0.05, 0.1) is 101 Å². The van der Waals surface area contributed by atoms with Gasteiger partial charge in [-0.3, -0.25) is 24.0 Å². The fraction of sp³-hybridized carbons (Fsp3) is 0.915. The Balaban J connectivity index is 1.15. The van der Waals surface area contributed by atoms with Crippen molar-refractivity contribution in [2.45, 2.75) is 484 Å². The number of nitrogens with one attached hydrogen (secondary N) is 5. The Morgan fingerprint density at radius 3 is 1.12 bits per heavy atom. The first-order chi connectivity index (χ1) is 69.6. The number of amides is 5. The van der Waals surface area contributed by atoms with Crippen LogP contribution in [0.5, 0.6) is 0 Å². The normalized spacial score (nSPS) is 35.7. The second kappa shape index (κ2) is 62.1. The molecule has 41 atom stereocenters. The molecule has 7 saturated heterocycles. The zero-order valence-electron chi connectivity index (χ0n) is 84.3. The molecule has 7 aliphatic rings. The minimum atomic E-state index is -3.68. The molecule has 7 heterocycles. The van der Waals surface area contributed by atoms with Crippen molar-refractivity contribution in [3.05, 3.63) is 0 Å². The van der Waals surface area contributed by atoms with E-state index in [4.69, 9.17) is 66.3 Å². The standard InChI is InChI=1S/C94H165N5O48/c1-8-9-10-11-12-13-14-15-16-17-18-19-24-27-30-33-62(117)99-50(67(118)51(111)32-29-26-23-21-20-22-25-28-31-45(2)3)44-134-86-74(125)73(124)77(60(42-105)138-86)140-88-75(126)83(72(123)59(41-104)137-88)141-85-66(98-49(7)110)82(71(122)57(39-102)135-85)146-93(90(130)131)35-54(114)65(97-48(6)109)81(145-93)70(121)58(40-103)136-87-76(127)84(147-94(91(132)133)36-53(113)64(96-47(5)108)80(144-94)69(120)56(116)38-101)78(61(43-106)139-87)142-92(89(128)129)34-52(112)63(95-46(4)107)79(143-92)68(119)55(115)37-100/h45,50-61,63-88,100-106,111-116,118-127H,8-44H2,1-7H3,(H,95,107)(H,96,108)(H,97,109)(H,98,110)(H,99,117)(H,128,129)(H,130,131)(H,132,133)/t50-,51+,52-,53-,54-,55+,56+,57+,58+,59+,60+,61+,63+,64+,65+,66+,67-,68+,69+,70+,71-,72-,73+,74+,75+,76+,77+,78-,79+,80+,81+,82+,83-,84+,85-,86+,87+,88-,92+,93-,94-/m0/s1. The van der Waals surface area contributed by atoms with Gasteiger partial charge in [0.1, 0.15) is 159 Å². The molecule has 147 heavy (non-hydrogen) atoms. The average molecular weight is 2130 g/mol. The van der Waals surface area contributed by atoms with E-state index in [0.29, 0.717) is 18.8 Å². The van der Waals surface area contributed by atoms with Crippen molar-refractivity contribution in [1.29, 1.82) is 0 Å². The van der Waals surface area contributed by atoms with E-state index in [0.717, 1.165) is 118 Å². The van der Waals surface area contributed by atoms with Crippen LogP contribution in [0.1, 0.15) is 235 Å². The molecule has 0 aromatic carbocycles. The lowest BCUT2D eigenvalue weighted by atomic mass is 9.87. The predicted molar refractivity (Wildman–Crippen MR) is 498 cm³/mol. The van der Waals surface area contributed by atoms with Gasteiger partial charge < -0.3 is 226 Å². The number of carbonyl (C=O) groups excluding carboxylic acids is 5. The molecule has 7 rings (SSSR count). The van der Waals surface area contributed by atoms with Gasteiger partial charge in [-0.25, -0.2) is 14.4 Å². The smallest absolute Gasteiger partial charge is 0.364 e. The number of aliphatic hydroxyl groups is 23. The van der Waals surface area contributed by atoms with Crippen LogP contribution in [0, 0.1) is 5.92 Å². The minimum Gasteiger partial charge on any atom is -0.477 e. The summed E-state index contributed by atoms with van der Waals surface area (Å²) in [6, 6.07) is -9.64. The van der Waals surface area contributed by atoms with Gasteiger partial charge in [0.15, 0.2) is 25.2 Å². The monoisotopic (exact) mass is 2130 g/mol. The van der Waals surface area contributed by atoms with Crippen molar-refractivity contribution in [3.8, 4) is 0 Å². The summed E-state index contributed by atoms with van der Waals surface area (Å²) < 4.78 is 83.6. The first kappa shape index (κ1) is 128. The molecular weight excluding hydrogens is 1970 g/mol. The lowest BCUT2D eigenvalue weighted by molar-refractivity contribution is -0.404. The second-order valence-electron chi connectivity index (χ2n) is 39.8. The lowest BCUT2D eigenvalue weighted by Gasteiger charge is -2.53. The van der Waals surface area contributed by atoms with E-state index in [1.54, 1.807) is 0 Å². The van der Waals surface area contributed by atoms with Crippen molar-refractivity contribution in [1.82, 2.24) is 26.6 Å². The van der Waals surface area contributed by atoms with Crippen LogP contribution in [-0.2, 0) is 105 Å². The third-order valence-corrected chi connectivity index (χ3v) is 27.7. The first-order valence-electron chi connectivity index (χ1n) is 51.1. The number of rotatable bonds is 65. The highest BCUT2D eigenvalue weighted by molar-refractivity contribution is 5.79. The number of hydrogen-bond acceptors (Lipinski definition) is 45. The first-order valence-corrected chi connectivity index (χ1v) is 51.1. The fourth-order valence-corrected chi connectivity index (χ4v) is 19.6. The Hall–Kier alpha value is -5.72. The van der Waals surface area contributed by atoms with Gasteiger partial charge in [0.25, 0.3) is 17.4 Å². The minimum absolute atomic E-state index is 0.0433. The summed E-state index contributed by atoms with van der Waals surface area (Å²) in [6.45, 7) is -0.143. The molecule has 53 nitrogen and oxygen atoms in total. The van der Waals surface area contributed by atoms with Crippen molar-refractivity contribution in [2.24, 2.45) is 5.92 Å². The number of aliphatic hydroxyl groups excluding tert-OH is 23. The van der Waals surface area contributed by atoms with Crippen LogP contribution in [0.2, 0.25) is 0 Å². The van der Waals surface area contributed by atoms with Crippen LogP contribution in [0.25, 0.3) is 0 Å². The second-order valence-corrected chi connectivity index (χ2v) is 39.8. The zero-order valence-corrected chi connectivity index (χ0v) is 84.3. The maximum atomic E-state index is 14.3. The Labute approximate surface area is 851 Å². The van der Waals surface area contributed by atoms with Crippen LogP contribution < -0.4 is 26.6 Å². The summed E-state index contributed by atoms with van der Waals surface area (Å²) in [5.74, 6) is -22.1. The fourth-order valence-electron chi connectivity index (χ4n) is 19.6. The molecule has 0 spiro atoms. The summed E-state index contributed by atoms with van der Waals surface area (Å²) in [7, 11) is 0. The lowest BCUT2D eigenvalue weighted by Crippen LogP contribution is -2.73. The molecule has 0 bridgehead atoms. The number of carboxylic acid groups (broad SMARTS) is 3. The van der Waals surface area contributed by atoms with Crippen LogP contribution in [-0.4, -0.2) is 483 Å². The number of unbranched alkanes of at least 4 members (excludes halogenated alkanes) is 21. The number of carbonyl (C=O) groups is 8. The number of carboxylic acids is 3. The van der Waals surface area contributed by atoms with E-state index in [2.05, 4.69) is 47.4 Å². The molecule has 31 N–H and O–H groups in total. The summed E-state index contributed by atoms with van der Waals surface area (Å²) >= 11 is 0. The number of aliphatic carboxylic acids is 3. The molecule has 854 valence electrons. The van der Waals surface area contributed by atoms with Crippen LogP contribution >= 0.6 is 0 Å². The van der Waals surface area contributed by atoms with Crippen molar-refractivity contribution in [3.63, 3.8) is 0 Å². The maximum Gasteiger partial charge on any atom is 0.364 e. The average Bonchev–Trinajstić information content (AvgIpc) is 0.736. The molecule has 0 aliphatic carbocycles. The zero-order chi connectivity index (χ0) is 109. The summed E-state index contributed by atoms with van der Waals surface area (Å²) in [4.78, 5) is 108. The molecule has 0 saturated carbocycles. The predicted octanol–water partition coefficient (Wildman–Crippen LogP) is -8.03. The Bertz CT molecular complexity index is 3900. The molecule has 5 amide bonds. The van der Waals surface area contributed by atoms with Crippen molar-refractivity contribution < 1.29 is 237 Å². The summed E-state index contributed by atoms with van der Waals surface area (Å²) in [5, 5.41) is 309. The number of hydrogen-bond donors (Lipinski definition) is 31. The summed E-state index contributed by atoms with van der Waals surface area (Å²) in [5.41, 5.74) is 0. The van der Waals surface area contributed by atoms with Crippen LogP contribution in [0.15, 0.2) is 0 Å². The number of ether oxygens (including phenoxy) is 14. The van der Waals surface area contributed by atoms with Crippen molar-refractivity contribution in [2.75, 3.05) is 52.9 Å². The van der Waals surface area contributed by atoms with E-state index < -0.39 is 369 Å². The topological polar surface area (TPSA) is 852 Å². The third kappa shape index (κ3) is 35.7. The molecule has 0 aromatic heterocycles. The molecule has 0 radical (unpaired) electrons. The highest BCUT2D eigenvalue weighted by atomic mass is 16.8. The molecular formula is C94H165N5O48.